The molecule has 0 bridgehead atoms. The highest BCUT2D eigenvalue weighted by Gasteiger charge is 2.36. The van der Waals surface area contributed by atoms with Crippen molar-refractivity contribution < 1.29 is 0 Å². The van der Waals surface area contributed by atoms with Crippen LogP contribution in [0.15, 0.2) is 152 Å². The molecule has 0 unspecified atom stereocenters. The third-order valence-corrected chi connectivity index (χ3v) is 9.54. The zero-order valence-electron chi connectivity index (χ0n) is 25.3. The second-order valence-electron chi connectivity index (χ2n) is 12.5. The Morgan fingerprint density at radius 3 is 2.05 bits per heavy atom. The topological polar surface area (TPSA) is 3.24 Å². The average Bonchev–Trinajstić information content (AvgIpc) is 3.31. The van der Waals surface area contributed by atoms with Crippen LogP contribution in [0.3, 0.4) is 0 Å². The van der Waals surface area contributed by atoms with E-state index in [4.69, 9.17) is 0 Å². The number of benzene rings is 6. The molecular weight excluding hydrogens is 530 g/mol. The summed E-state index contributed by atoms with van der Waals surface area (Å²) in [6, 6.07) is 49.3. The van der Waals surface area contributed by atoms with E-state index in [0.717, 1.165) is 18.5 Å². The van der Waals surface area contributed by atoms with Gasteiger partial charge in [-0.15, -0.1) is 0 Å². The molecule has 0 fully saturated rings. The molecule has 44 heavy (non-hydrogen) atoms. The number of fused-ring (bicyclic) bond motifs is 4. The van der Waals surface area contributed by atoms with Gasteiger partial charge in [-0.3, -0.25) is 0 Å². The standard InChI is InChI=1S/C43H35N/c1-43(2)40-28-34(31-14-7-4-8-15-31)22-26-38(40)39-27-25-36(29-41(39)43)44(42-19-11-17-33-16-9-10-18-37(33)42)35-23-20-32(21-24-35)30-12-5-3-6-13-30/h3-5,7-12,14-29H,6,13H2,1-2H3. The van der Waals surface area contributed by atoms with Crippen molar-refractivity contribution in [3.63, 3.8) is 0 Å². The van der Waals surface area contributed by atoms with Crippen LogP contribution < -0.4 is 4.90 Å². The first-order valence-corrected chi connectivity index (χ1v) is 15.7. The summed E-state index contributed by atoms with van der Waals surface area (Å²) in [6.07, 6.45) is 8.88. The van der Waals surface area contributed by atoms with Gasteiger partial charge in [0, 0.05) is 22.2 Å². The first kappa shape index (κ1) is 26.5. The molecule has 6 aromatic carbocycles. The van der Waals surface area contributed by atoms with Crippen molar-refractivity contribution in [3.05, 3.63) is 168 Å². The fourth-order valence-electron chi connectivity index (χ4n) is 7.17. The number of anilines is 3. The maximum absolute atomic E-state index is 2.44. The lowest BCUT2D eigenvalue weighted by Crippen LogP contribution is -2.17. The number of hydrogen-bond acceptors (Lipinski definition) is 1. The largest absolute Gasteiger partial charge is 0.310 e. The molecule has 8 rings (SSSR count). The predicted molar refractivity (Wildman–Crippen MR) is 188 cm³/mol. The quantitative estimate of drug-likeness (QED) is 0.201. The summed E-state index contributed by atoms with van der Waals surface area (Å²) in [6.45, 7) is 4.75. The second kappa shape index (κ2) is 10.5. The number of nitrogens with zero attached hydrogens (tertiary/aromatic N) is 1. The Hall–Kier alpha value is -5.14. The number of rotatable bonds is 5. The zero-order valence-corrected chi connectivity index (χ0v) is 25.3. The van der Waals surface area contributed by atoms with E-state index in [1.165, 1.54) is 66.7 Å². The summed E-state index contributed by atoms with van der Waals surface area (Å²) < 4.78 is 0. The van der Waals surface area contributed by atoms with Gasteiger partial charge in [-0.05, 0) is 99.1 Å². The van der Waals surface area contributed by atoms with Crippen molar-refractivity contribution in [2.24, 2.45) is 0 Å². The van der Waals surface area contributed by atoms with Crippen LogP contribution in [-0.2, 0) is 5.41 Å². The van der Waals surface area contributed by atoms with Crippen LogP contribution in [-0.4, -0.2) is 0 Å². The van der Waals surface area contributed by atoms with Crippen molar-refractivity contribution in [1.29, 1.82) is 0 Å². The first-order chi connectivity index (χ1) is 21.6. The van der Waals surface area contributed by atoms with Gasteiger partial charge in [-0.25, -0.2) is 0 Å². The minimum Gasteiger partial charge on any atom is -0.310 e. The van der Waals surface area contributed by atoms with E-state index in [0.29, 0.717) is 0 Å². The number of hydrogen-bond donors (Lipinski definition) is 0. The third kappa shape index (κ3) is 4.39. The van der Waals surface area contributed by atoms with Gasteiger partial charge in [-0.2, -0.15) is 0 Å². The lowest BCUT2D eigenvalue weighted by Gasteiger charge is -2.29. The van der Waals surface area contributed by atoms with E-state index in [9.17, 15) is 0 Å². The summed E-state index contributed by atoms with van der Waals surface area (Å²) in [5.41, 5.74) is 14.1. The summed E-state index contributed by atoms with van der Waals surface area (Å²) in [5.74, 6) is 0. The van der Waals surface area contributed by atoms with Crippen molar-refractivity contribution >= 4 is 33.4 Å². The monoisotopic (exact) mass is 565 g/mol. The maximum Gasteiger partial charge on any atom is 0.0540 e. The van der Waals surface area contributed by atoms with E-state index in [-0.39, 0.29) is 5.41 Å². The van der Waals surface area contributed by atoms with Crippen molar-refractivity contribution in [2.45, 2.75) is 32.1 Å². The summed E-state index contributed by atoms with van der Waals surface area (Å²) in [4.78, 5) is 2.44. The van der Waals surface area contributed by atoms with Gasteiger partial charge in [0.2, 0.25) is 0 Å². The van der Waals surface area contributed by atoms with Gasteiger partial charge >= 0.3 is 0 Å². The van der Waals surface area contributed by atoms with Crippen LogP contribution in [0, 0.1) is 0 Å². The molecule has 0 radical (unpaired) electrons. The van der Waals surface area contributed by atoms with Gasteiger partial charge in [0.25, 0.3) is 0 Å². The van der Waals surface area contributed by atoms with E-state index < -0.39 is 0 Å². The Bertz CT molecular complexity index is 2070. The minimum atomic E-state index is -0.124. The second-order valence-corrected chi connectivity index (χ2v) is 12.5. The minimum absolute atomic E-state index is 0.124. The van der Waals surface area contributed by atoms with Gasteiger partial charge in [0.1, 0.15) is 0 Å². The Balaban J connectivity index is 1.26. The van der Waals surface area contributed by atoms with Crippen molar-refractivity contribution in [2.75, 3.05) is 4.90 Å². The summed E-state index contributed by atoms with van der Waals surface area (Å²) in [5, 5.41) is 2.49. The fraction of sp³-hybridized carbons (Fsp3) is 0.116. The lowest BCUT2D eigenvalue weighted by molar-refractivity contribution is 0.660. The highest BCUT2D eigenvalue weighted by atomic mass is 15.1. The fourth-order valence-corrected chi connectivity index (χ4v) is 7.17. The molecule has 0 saturated carbocycles. The Kier molecular flexibility index (Phi) is 6.34. The Morgan fingerprint density at radius 2 is 1.25 bits per heavy atom. The smallest absolute Gasteiger partial charge is 0.0540 e. The van der Waals surface area contributed by atoms with Crippen LogP contribution in [0.2, 0.25) is 0 Å². The molecule has 0 N–H and O–H groups in total. The molecule has 0 amide bonds. The third-order valence-electron chi connectivity index (χ3n) is 9.54. The molecule has 1 heteroatoms. The molecule has 1 nitrogen and oxygen atoms in total. The van der Waals surface area contributed by atoms with Gasteiger partial charge in [0.15, 0.2) is 0 Å². The van der Waals surface area contributed by atoms with Crippen LogP contribution in [0.25, 0.3) is 38.6 Å². The molecule has 2 aliphatic carbocycles. The average molecular weight is 566 g/mol. The Labute approximate surface area is 260 Å². The molecule has 6 aromatic rings. The first-order valence-electron chi connectivity index (χ1n) is 15.7. The van der Waals surface area contributed by atoms with E-state index in [1.807, 2.05) is 0 Å². The van der Waals surface area contributed by atoms with Crippen LogP contribution >= 0.6 is 0 Å². The van der Waals surface area contributed by atoms with E-state index in [2.05, 4.69) is 170 Å². The number of allylic oxidation sites excluding steroid dienone is 4. The summed E-state index contributed by atoms with van der Waals surface area (Å²) in [7, 11) is 0. The normalized spacial score (nSPS) is 14.6. The van der Waals surface area contributed by atoms with Crippen LogP contribution in [0.4, 0.5) is 17.1 Å². The molecule has 0 heterocycles. The highest BCUT2D eigenvalue weighted by Crippen LogP contribution is 2.52. The van der Waals surface area contributed by atoms with Crippen molar-refractivity contribution in [3.8, 4) is 22.3 Å². The molecule has 0 aromatic heterocycles. The van der Waals surface area contributed by atoms with Crippen molar-refractivity contribution in [1.82, 2.24) is 0 Å². The zero-order chi connectivity index (χ0) is 29.7. The highest BCUT2D eigenvalue weighted by molar-refractivity contribution is 5.99. The van der Waals surface area contributed by atoms with Crippen LogP contribution in [0.5, 0.6) is 0 Å². The van der Waals surface area contributed by atoms with E-state index >= 15 is 0 Å². The molecule has 0 saturated heterocycles. The van der Waals surface area contributed by atoms with E-state index in [1.54, 1.807) is 0 Å². The predicted octanol–water partition coefficient (Wildman–Crippen LogP) is 12.0. The molecule has 2 aliphatic rings. The Morgan fingerprint density at radius 1 is 0.568 bits per heavy atom. The van der Waals surface area contributed by atoms with Gasteiger partial charge < -0.3 is 4.90 Å². The molecule has 0 spiro atoms. The van der Waals surface area contributed by atoms with Crippen LogP contribution in [0.1, 0.15) is 43.4 Å². The SMILES string of the molecule is CC1(C)c2cc(-c3ccccc3)ccc2-c2ccc(N(c3ccc(C4=CC=CCC4)cc3)c3cccc4ccccc34)cc21. The summed E-state index contributed by atoms with van der Waals surface area (Å²) >= 11 is 0. The van der Waals surface area contributed by atoms with Gasteiger partial charge in [-0.1, -0.05) is 129 Å². The molecule has 212 valence electrons. The van der Waals surface area contributed by atoms with Gasteiger partial charge in [0.05, 0.1) is 5.69 Å². The maximum atomic E-state index is 2.44. The molecule has 0 atom stereocenters. The molecule has 0 aliphatic heterocycles. The lowest BCUT2D eigenvalue weighted by atomic mass is 9.81. The molecular formula is C43H35N.